The molecule has 1 aliphatic heterocycles. The first kappa shape index (κ1) is 23.2. The van der Waals surface area contributed by atoms with Crippen molar-refractivity contribution >= 4 is 0 Å². The standard InChI is InChI=1S/C30H43NO3/c1-28(2)17-33-30(34-18-28)13-12-22-21(14-30)8-9-23-25-10-11-26(32)29(25,3)15-24(27(22)23)20-6-4-19(16-31)5-7-20/h4-7,21,23-26,32H,8-18,31H2,1-3H3. The third-order valence-electron chi connectivity index (χ3n) is 10.4. The molecule has 4 aliphatic carbocycles. The van der Waals surface area contributed by atoms with Gasteiger partial charge in [-0.25, -0.2) is 0 Å². The van der Waals surface area contributed by atoms with E-state index in [-0.39, 0.29) is 22.7 Å². The van der Waals surface area contributed by atoms with Crippen LogP contribution >= 0.6 is 0 Å². The second kappa shape index (κ2) is 8.16. The molecule has 1 spiro atoms. The normalized spacial score (nSPS) is 40.6. The second-order valence-electron chi connectivity index (χ2n) is 13.1. The zero-order valence-electron chi connectivity index (χ0n) is 21.3. The number of rotatable bonds is 2. The molecule has 3 saturated carbocycles. The van der Waals surface area contributed by atoms with Gasteiger partial charge in [-0.1, -0.05) is 56.2 Å². The van der Waals surface area contributed by atoms with Crippen LogP contribution in [0.25, 0.3) is 0 Å². The summed E-state index contributed by atoms with van der Waals surface area (Å²) in [6.07, 6.45) is 8.60. The van der Waals surface area contributed by atoms with E-state index in [1.807, 2.05) is 0 Å². The van der Waals surface area contributed by atoms with Crippen molar-refractivity contribution in [2.75, 3.05) is 13.2 Å². The van der Waals surface area contributed by atoms with Crippen molar-refractivity contribution in [2.45, 2.75) is 96.5 Å². The van der Waals surface area contributed by atoms with Crippen LogP contribution in [0.15, 0.2) is 35.4 Å². The number of allylic oxidation sites excluding steroid dienone is 2. The molecule has 186 valence electrons. The van der Waals surface area contributed by atoms with Gasteiger partial charge >= 0.3 is 0 Å². The number of aliphatic hydroxyl groups is 1. The summed E-state index contributed by atoms with van der Waals surface area (Å²) in [7, 11) is 0. The Kier molecular flexibility index (Phi) is 5.57. The van der Waals surface area contributed by atoms with Gasteiger partial charge in [0.2, 0.25) is 0 Å². The number of benzene rings is 1. The van der Waals surface area contributed by atoms with Gasteiger partial charge in [0.05, 0.1) is 19.3 Å². The largest absolute Gasteiger partial charge is 0.393 e. The molecular formula is C30H43NO3. The Morgan fingerprint density at radius 1 is 0.971 bits per heavy atom. The Labute approximate surface area is 205 Å². The van der Waals surface area contributed by atoms with Crippen LogP contribution in [0, 0.1) is 28.6 Å². The number of nitrogens with two attached hydrogens (primary N) is 1. The fourth-order valence-electron chi connectivity index (χ4n) is 8.39. The average Bonchev–Trinajstić information content (AvgIpc) is 3.14. The Morgan fingerprint density at radius 2 is 1.71 bits per heavy atom. The van der Waals surface area contributed by atoms with Crippen LogP contribution in [-0.2, 0) is 16.0 Å². The molecule has 1 aromatic carbocycles. The van der Waals surface area contributed by atoms with E-state index in [1.54, 1.807) is 11.1 Å². The first-order chi connectivity index (χ1) is 16.2. The molecule has 0 radical (unpaired) electrons. The van der Waals surface area contributed by atoms with E-state index in [0.29, 0.717) is 30.2 Å². The third-order valence-corrected chi connectivity index (χ3v) is 10.4. The topological polar surface area (TPSA) is 64.7 Å². The van der Waals surface area contributed by atoms with Gasteiger partial charge in [0.15, 0.2) is 5.79 Å². The molecule has 5 aliphatic rings. The second-order valence-corrected chi connectivity index (χ2v) is 13.1. The molecular weight excluding hydrogens is 422 g/mol. The molecule has 0 bridgehead atoms. The number of hydrogen-bond donors (Lipinski definition) is 2. The Hall–Kier alpha value is -1.20. The molecule has 1 heterocycles. The summed E-state index contributed by atoms with van der Waals surface area (Å²) >= 11 is 0. The lowest BCUT2D eigenvalue weighted by molar-refractivity contribution is -0.312. The molecule has 1 saturated heterocycles. The van der Waals surface area contributed by atoms with Crippen molar-refractivity contribution in [1.82, 2.24) is 0 Å². The van der Waals surface area contributed by atoms with E-state index in [4.69, 9.17) is 15.2 Å². The van der Waals surface area contributed by atoms with Gasteiger partial charge in [-0.3, -0.25) is 0 Å². The highest BCUT2D eigenvalue weighted by molar-refractivity contribution is 5.41. The molecule has 0 aromatic heterocycles. The fraction of sp³-hybridized carbons (Fsp3) is 0.733. The molecule has 6 rings (SSSR count). The van der Waals surface area contributed by atoms with Crippen molar-refractivity contribution in [1.29, 1.82) is 0 Å². The maximum Gasteiger partial charge on any atom is 0.169 e. The number of hydrogen-bond acceptors (Lipinski definition) is 4. The molecule has 4 heteroatoms. The van der Waals surface area contributed by atoms with Crippen molar-refractivity contribution in [3.8, 4) is 0 Å². The Morgan fingerprint density at radius 3 is 2.41 bits per heavy atom. The summed E-state index contributed by atoms with van der Waals surface area (Å²) in [4.78, 5) is 0. The Balaban J connectivity index is 1.37. The van der Waals surface area contributed by atoms with E-state index in [2.05, 4.69) is 45.0 Å². The van der Waals surface area contributed by atoms with Gasteiger partial charge in [0.1, 0.15) is 0 Å². The summed E-state index contributed by atoms with van der Waals surface area (Å²) < 4.78 is 12.9. The predicted molar refractivity (Wildman–Crippen MR) is 134 cm³/mol. The summed E-state index contributed by atoms with van der Waals surface area (Å²) in [5.74, 6) is 1.83. The predicted octanol–water partition coefficient (Wildman–Crippen LogP) is 5.69. The van der Waals surface area contributed by atoms with Crippen LogP contribution in [0.1, 0.15) is 89.2 Å². The van der Waals surface area contributed by atoms with Crippen LogP contribution in [0.4, 0.5) is 0 Å². The van der Waals surface area contributed by atoms with Crippen molar-refractivity contribution < 1.29 is 14.6 Å². The lowest BCUT2D eigenvalue weighted by Crippen LogP contribution is -2.52. The van der Waals surface area contributed by atoms with Crippen LogP contribution < -0.4 is 5.73 Å². The molecule has 3 N–H and O–H groups in total. The van der Waals surface area contributed by atoms with Crippen molar-refractivity contribution in [3.05, 3.63) is 46.5 Å². The molecule has 6 atom stereocenters. The van der Waals surface area contributed by atoms with Crippen molar-refractivity contribution in [2.24, 2.45) is 34.3 Å². The van der Waals surface area contributed by atoms with Gasteiger partial charge < -0.3 is 20.3 Å². The van der Waals surface area contributed by atoms with Gasteiger partial charge in [-0.05, 0) is 72.8 Å². The molecule has 4 nitrogen and oxygen atoms in total. The van der Waals surface area contributed by atoms with Gasteiger partial charge in [-0.2, -0.15) is 0 Å². The fourth-order valence-corrected chi connectivity index (χ4v) is 8.39. The minimum atomic E-state index is -0.373. The summed E-state index contributed by atoms with van der Waals surface area (Å²) in [5, 5.41) is 11.1. The third kappa shape index (κ3) is 3.63. The minimum absolute atomic E-state index is 0.0236. The SMILES string of the molecule is CC1(C)COC2(CCC3=C4C(c5ccc(CN)cc5)CC5(C)C(O)CCC5C4CCC3C2)OC1. The first-order valence-electron chi connectivity index (χ1n) is 13.7. The molecule has 0 amide bonds. The highest BCUT2D eigenvalue weighted by Crippen LogP contribution is 2.64. The monoisotopic (exact) mass is 465 g/mol. The number of ether oxygens (including phenoxy) is 2. The molecule has 4 fully saturated rings. The van der Waals surface area contributed by atoms with Gasteiger partial charge in [0.25, 0.3) is 0 Å². The van der Waals surface area contributed by atoms with Gasteiger partial charge in [-0.15, -0.1) is 0 Å². The van der Waals surface area contributed by atoms with E-state index >= 15 is 0 Å². The van der Waals surface area contributed by atoms with Crippen LogP contribution in [0.2, 0.25) is 0 Å². The first-order valence-corrected chi connectivity index (χ1v) is 13.7. The number of fused-ring (bicyclic) bond motifs is 4. The zero-order chi connectivity index (χ0) is 23.7. The molecule has 34 heavy (non-hydrogen) atoms. The summed E-state index contributed by atoms with van der Waals surface area (Å²) in [6, 6.07) is 9.03. The van der Waals surface area contributed by atoms with E-state index in [9.17, 15) is 5.11 Å². The van der Waals surface area contributed by atoms with E-state index in [0.717, 1.165) is 45.3 Å². The maximum atomic E-state index is 11.1. The van der Waals surface area contributed by atoms with Crippen LogP contribution in [0.5, 0.6) is 0 Å². The highest BCUT2D eigenvalue weighted by atomic mass is 16.7. The van der Waals surface area contributed by atoms with E-state index < -0.39 is 0 Å². The maximum absolute atomic E-state index is 11.1. The summed E-state index contributed by atoms with van der Waals surface area (Å²) in [6.45, 7) is 9.02. The quantitative estimate of drug-likeness (QED) is 0.551. The Bertz CT molecular complexity index is 956. The smallest absolute Gasteiger partial charge is 0.169 e. The number of aliphatic hydroxyl groups excluding tert-OH is 1. The van der Waals surface area contributed by atoms with E-state index in [1.165, 1.54) is 30.4 Å². The van der Waals surface area contributed by atoms with Crippen LogP contribution in [0.3, 0.4) is 0 Å². The van der Waals surface area contributed by atoms with Gasteiger partial charge in [0, 0.05) is 30.7 Å². The highest BCUT2D eigenvalue weighted by Gasteiger charge is 2.57. The minimum Gasteiger partial charge on any atom is -0.393 e. The molecule has 6 unspecified atom stereocenters. The van der Waals surface area contributed by atoms with Crippen LogP contribution in [-0.4, -0.2) is 30.2 Å². The van der Waals surface area contributed by atoms with Crippen molar-refractivity contribution in [3.63, 3.8) is 0 Å². The molecule has 1 aromatic rings. The average molecular weight is 466 g/mol. The summed E-state index contributed by atoms with van der Waals surface area (Å²) in [5.41, 5.74) is 12.1. The zero-order valence-corrected chi connectivity index (χ0v) is 21.3. The lowest BCUT2D eigenvalue weighted by atomic mass is 9.52. The lowest BCUT2D eigenvalue weighted by Gasteiger charge is -2.55.